The zero-order chi connectivity index (χ0) is 14.2. The molecule has 1 aliphatic rings. The SMILES string of the molecule is CCc1c(C(C)(C)CC(=O)O)cc2c(c1Cl)OCO2. The van der Waals surface area contributed by atoms with Gasteiger partial charge in [-0.05, 0) is 23.6 Å². The molecule has 104 valence electrons. The van der Waals surface area contributed by atoms with E-state index in [4.69, 9.17) is 26.2 Å². The molecule has 0 spiro atoms. The molecule has 0 aliphatic carbocycles. The summed E-state index contributed by atoms with van der Waals surface area (Å²) in [5.41, 5.74) is 1.32. The number of halogens is 1. The molecule has 1 aliphatic heterocycles. The van der Waals surface area contributed by atoms with Crippen molar-refractivity contribution in [1.29, 1.82) is 0 Å². The highest BCUT2D eigenvalue weighted by Gasteiger charge is 2.31. The lowest BCUT2D eigenvalue weighted by Crippen LogP contribution is -2.23. The number of aliphatic carboxylic acids is 1. The van der Waals surface area contributed by atoms with Crippen LogP contribution in [0.1, 0.15) is 38.3 Å². The first-order valence-electron chi connectivity index (χ1n) is 6.20. The van der Waals surface area contributed by atoms with E-state index >= 15 is 0 Å². The summed E-state index contributed by atoms with van der Waals surface area (Å²) in [5.74, 6) is 0.324. The number of benzene rings is 1. The molecule has 0 amide bonds. The lowest BCUT2D eigenvalue weighted by molar-refractivity contribution is -0.138. The van der Waals surface area contributed by atoms with Crippen molar-refractivity contribution >= 4 is 17.6 Å². The second-order valence-corrected chi connectivity index (χ2v) is 5.64. The Morgan fingerprint density at radius 3 is 2.74 bits per heavy atom. The van der Waals surface area contributed by atoms with E-state index < -0.39 is 11.4 Å². The molecule has 0 bridgehead atoms. The quantitative estimate of drug-likeness (QED) is 0.921. The monoisotopic (exact) mass is 284 g/mol. The lowest BCUT2D eigenvalue weighted by atomic mass is 9.78. The van der Waals surface area contributed by atoms with Crippen LogP contribution in [0.5, 0.6) is 11.5 Å². The normalized spacial score (nSPS) is 13.7. The Kier molecular flexibility index (Phi) is 3.63. The summed E-state index contributed by atoms with van der Waals surface area (Å²) in [6.07, 6.45) is 0.754. The van der Waals surface area contributed by atoms with E-state index in [-0.39, 0.29) is 13.2 Å². The number of carbonyl (C=O) groups is 1. The van der Waals surface area contributed by atoms with Gasteiger partial charge in [-0.1, -0.05) is 32.4 Å². The van der Waals surface area contributed by atoms with Crippen LogP contribution >= 0.6 is 11.6 Å². The average molecular weight is 285 g/mol. The minimum Gasteiger partial charge on any atom is -0.481 e. The molecule has 19 heavy (non-hydrogen) atoms. The van der Waals surface area contributed by atoms with Gasteiger partial charge in [0.25, 0.3) is 0 Å². The molecule has 0 atom stereocenters. The molecule has 0 fully saturated rings. The smallest absolute Gasteiger partial charge is 0.304 e. The molecular formula is C14H17ClO4. The minimum absolute atomic E-state index is 0.0377. The molecule has 0 radical (unpaired) electrons. The fourth-order valence-electron chi connectivity index (χ4n) is 2.46. The summed E-state index contributed by atoms with van der Waals surface area (Å²) in [5, 5.41) is 9.58. The number of carboxylic acid groups (broad SMARTS) is 1. The highest BCUT2D eigenvalue weighted by molar-refractivity contribution is 6.33. The molecule has 1 aromatic carbocycles. The highest BCUT2D eigenvalue weighted by Crippen LogP contribution is 2.46. The van der Waals surface area contributed by atoms with Crippen molar-refractivity contribution in [2.45, 2.75) is 39.0 Å². The molecule has 1 heterocycles. The van der Waals surface area contributed by atoms with Crippen LogP contribution in [0.2, 0.25) is 5.02 Å². The van der Waals surface area contributed by atoms with E-state index in [1.54, 1.807) is 0 Å². The van der Waals surface area contributed by atoms with Crippen LogP contribution in [0.4, 0.5) is 0 Å². The van der Waals surface area contributed by atoms with E-state index in [1.165, 1.54) is 0 Å². The van der Waals surface area contributed by atoms with Gasteiger partial charge in [0.05, 0.1) is 11.4 Å². The third-order valence-corrected chi connectivity index (χ3v) is 3.78. The Labute approximate surface area is 117 Å². The average Bonchev–Trinajstić information content (AvgIpc) is 2.75. The first kappa shape index (κ1) is 14.0. The molecule has 0 saturated carbocycles. The van der Waals surface area contributed by atoms with Gasteiger partial charge in [-0.2, -0.15) is 0 Å². The Hall–Kier alpha value is -1.42. The maximum Gasteiger partial charge on any atom is 0.304 e. The summed E-state index contributed by atoms with van der Waals surface area (Å²) in [6, 6.07) is 1.86. The standard InChI is InChI=1S/C14H17ClO4/c1-4-8-9(14(2,3)6-11(16)17)5-10-13(12(8)15)19-7-18-10/h5H,4,6-7H2,1-3H3,(H,16,17). The van der Waals surface area contributed by atoms with Gasteiger partial charge in [-0.3, -0.25) is 4.79 Å². The molecule has 2 rings (SSSR count). The minimum atomic E-state index is -0.833. The summed E-state index contributed by atoms with van der Waals surface area (Å²) in [6.45, 7) is 5.94. The zero-order valence-electron chi connectivity index (χ0n) is 11.2. The van der Waals surface area contributed by atoms with Gasteiger partial charge in [0.2, 0.25) is 6.79 Å². The summed E-state index contributed by atoms with van der Waals surface area (Å²) >= 11 is 6.35. The van der Waals surface area contributed by atoms with Crippen LogP contribution in [-0.2, 0) is 16.6 Å². The van der Waals surface area contributed by atoms with Gasteiger partial charge >= 0.3 is 5.97 Å². The molecule has 0 aromatic heterocycles. The van der Waals surface area contributed by atoms with Crippen LogP contribution in [0.25, 0.3) is 0 Å². The van der Waals surface area contributed by atoms with Crippen LogP contribution < -0.4 is 9.47 Å². The topological polar surface area (TPSA) is 55.8 Å². The second-order valence-electron chi connectivity index (χ2n) is 5.26. The van der Waals surface area contributed by atoms with Crippen molar-refractivity contribution in [2.75, 3.05) is 6.79 Å². The molecule has 1 N–H and O–H groups in total. The van der Waals surface area contributed by atoms with Gasteiger partial charge < -0.3 is 14.6 Å². The highest BCUT2D eigenvalue weighted by atomic mass is 35.5. The van der Waals surface area contributed by atoms with Crippen molar-refractivity contribution in [3.05, 3.63) is 22.2 Å². The van der Waals surface area contributed by atoms with Gasteiger partial charge in [0.1, 0.15) is 0 Å². The molecule has 4 nitrogen and oxygen atoms in total. The Morgan fingerprint density at radius 2 is 2.16 bits per heavy atom. The van der Waals surface area contributed by atoms with E-state index in [9.17, 15) is 4.79 Å². The van der Waals surface area contributed by atoms with Crippen LogP contribution in [-0.4, -0.2) is 17.9 Å². The summed E-state index contributed by atoms with van der Waals surface area (Å²) < 4.78 is 10.7. The van der Waals surface area contributed by atoms with Crippen molar-refractivity contribution in [1.82, 2.24) is 0 Å². The number of hydrogen-bond acceptors (Lipinski definition) is 3. The molecule has 0 unspecified atom stereocenters. The number of carboxylic acids is 1. The maximum atomic E-state index is 11.0. The van der Waals surface area contributed by atoms with E-state index in [2.05, 4.69) is 0 Å². The molecule has 1 aromatic rings. The number of fused-ring (bicyclic) bond motifs is 1. The number of ether oxygens (including phenoxy) is 2. The van der Waals surface area contributed by atoms with Gasteiger partial charge in [0.15, 0.2) is 11.5 Å². The van der Waals surface area contributed by atoms with Gasteiger partial charge in [-0.25, -0.2) is 0 Å². The maximum absolute atomic E-state index is 11.0. The van der Waals surface area contributed by atoms with E-state index in [0.717, 1.165) is 11.1 Å². The van der Waals surface area contributed by atoms with E-state index in [0.29, 0.717) is 22.9 Å². The predicted octanol–water partition coefficient (Wildman–Crippen LogP) is 3.38. The van der Waals surface area contributed by atoms with Crippen LogP contribution in [0, 0.1) is 0 Å². The largest absolute Gasteiger partial charge is 0.481 e. The van der Waals surface area contributed by atoms with Crippen molar-refractivity contribution < 1.29 is 19.4 Å². The van der Waals surface area contributed by atoms with Crippen LogP contribution in [0.3, 0.4) is 0 Å². The fourth-order valence-corrected chi connectivity index (χ4v) is 2.85. The summed E-state index contributed by atoms with van der Waals surface area (Å²) in [7, 11) is 0. The third kappa shape index (κ3) is 2.50. The van der Waals surface area contributed by atoms with Gasteiger partial charge in [-0.15, -0.1) is 0 Å². The molecule has 0 saturated heterocycles. The Morgan fingerprint density at radius 1 is 1.47 bits per heavy atom. The molecular weight excluding hydrogens is 268 g/mol. The predicted molar refractivity (Wildman–Crippen MR) is 72.2 cm³/mol. The van der Waals surface area contributed by atoms with Gasteiger partial charge in [0, 0.05) is 5.41 Å². The van der Waals surface area contributed by atoms with Crippen molar-refractivity contribution in [3.63, 3.8) is 0 Å². The second kappa shape index (κ2) is 4.93. The van der Waals surface area contributed by atoms with Crippen molar-refractivity contribution in [2.24, 2.45) is 0 Å². The number of hydrogen-bond donors (Lipinski definition) is 1. The zero-order valence-corrected chi connectivity index (χ0v) is 12.0. The van der Waals surface area contributed by atoms with Crippen molar-refractivity contribution in [3.8, 4) is 11.5 Å². The third-order valence-electron chi connectivity index (χ3n) is 3.38. The number of rotatable bonds is 4. The summed E-state index contributed by atoms with van der Waals surface area (Å²) in [4.78, 5) is 11.0. The Balaban J connectivity index is 2.57. The Bertz CT molecular complexity index is 523. The fraction of sp³-hybridized carbons (Fsp3) is 0.500. The van der Waals surface area contributed by atoms with E-state index in [1.807, 2.05) is 26.8 Å². The lowest BCUT2D eigenvalue weighted by Gasteiger charge is -2.27. The first-order valence-corrected chi connectivity index (χ1v) is 6.58. The first-order chi connectivity index (χ1) is 8.86. The van der Waals surface area contributed by atoms with Crippen LogP contribution in [0.15, 0.2) is 6.07 Å². The molecule has 5 heteroatoms.